The van der Waals surface area contributed by atoms with Gasteiger partial charge in [-0.2, -0.15) is 0 Å². The molecule has 7 heteroatoms. The Kier molecular flexibility index (Phi) is 6.16. The summed E-state index contributed by atoms with van der Waals surface area (Å²) in [7, 11) is 0. The fourth-order valence-corrected chi connectivity index (χ4v) is 4.26. The summed E-state index contributed by atoms with van der Waals surface area (Å²) in [5, 5.41) is 12.1. The van der Waals surface area contributed by atoms with Gasteiger partial charge in [0, 0.05) is 35.5 Å². The number of nitrogens with zero attached hydrogens (tertiary/aromatic N) is 2. The molecule has 1 heterocycles. The number of hydrogen-bond donors (Lipinski definition) is 0. The Labute approximate surface area is 161 Å². The van der Waals surface area contributed by atoms with Crippen LogP contribution in [0.25, 0.3) is 0 Å². The second-order valence-corrected chi connectivity index (χ2v) is 7.60. The molecule has 136 valence electrons. The van der Waals surface area contributed by atoms with Gasteiger partial charge < -0.3 is 4.90 Å². The van der Waals surface area contributed by atoms with Crippen LogP contribution in [-0.4, -0.2) is 28.8 Å². The summed E-state index contributed by atoms with van der Waals surface area (Å²) < 4.78 is 0. The molecule has 0 saturated carbocycles. The maximum absolute atomic E-state index is 12.6. The predicted octanol–water partition coefficient (Wildman–Crippen LogP) is 5.17. The van der Waals surface area contributed by atoms with Crippen molar-refractivity contribution in [1.29, 1.82) is 0 Å². The molecular formula is C19H19ClN2O3S. The van der Waals surface area contributed by atoms with Gasteiger partial charge in [0.05, 0.1) is 9.82 Å². The zero-order valence-electron chi connectivity index (χ0n) is 14.2. The van der Waals surface area contributed by atoms with Crippen molar-refractivity contribution in [3.8, 4) is 0 Å². The van der Waals surface area contributed by atoms with Crippen molar-refractivity contribution in [3.63, 3.8) is 0 Å². The number of nitro groups is 1. The lowest BCUT2D eigenvalue weighted by Gasteiger charge is -2.26. The molecule has 0 unspecified atom stereocenters. The molecule has 1 aliphatic rings. The molecule has 3 rings (SSSR count). The molecule has 5 nitrogen and oxygen atoms in total. The highest BCUT2D eigenvalue weighted by Gasteiger charge is 2.22. The van der Waals surface area contributed by atoms with E-state index in [2.05, 4.69) is 0 Å². The van der Waals surface area contributed by atoms with E-state index >= 15 is 0 Å². The van der Waals surface area contributed by atoms with E-state index in [4.69, 9.17) is 11.6 Å². The predicted molar refractivity (Wildman–Crippen MR) is 104 cm³/mol. The molecule has 1 aliphatic heterocycles. The lowest BCUT2D eigenvalue weighted by molar-refractivity contribution is -0.387. The van der Waals surface area contributed by atoms with Crippen molar-refractivity contribution >= 4 is 35.0 Å². The van der Waals surface area contributed by atoms with E-state index in [0.29, 0.717) is 21.2 Å². The first-order valence-electron chi connectivity index (χ1n) is 8.50. The largest absolute Gasteiger partial charge is 0.339 e. The standard InChI is InChI=1S/C19H19ClN2O3S/c20-16-7-3-2-6-15(16)13-26-18-9-8-14(12-17(18)22(24)25)19(23)21-10-4-1-5-11-21/h2-3,6-9,12H,1,4-5,10-11,13H2. The maximum Gasteiger partial charge on any atom is 0.283 e. The molecular weight excluding hydrogens is 372 g/mol. The third kappa shape index (κ3) is 4.37. The summed E-state index contributed by atoms with van der Waals surface area (Å²) in [6.07, 6.45) is 3.10. The maximum atomic E-state index is 12.6. The highest BCUT2D eigenvalue weighted by atomic mass is 35.5. The van der Waals surface area contributed by atoms with Gasteiger partial charge in [0.25, 0.3) is 11.6 Å². The van der Waals surface area contributed by atoms with Gasteiger partial charge >= 0.3 is 0 Å². The molecule has 1 saturated heterocycles. The number of carbonyl (C=O) groups excluding carboxylic acids is 1. The van der Waals surface area contributed by atoms with Crippen LogP contribution in [0.4, 0.5) is 5.69 Å². The molecule has 2 aromatic carbocycles. The van der Waals surface area contributed by atoms with E-state index in [1.807, 2.05) is 18.2 Å². The topological polar surface area (TPSA) is 63.4 Å². The number of amides is 1. The van der Waals surface area contributed by atoms with Crippen LogP contribution in [0, 0.1) is 10.1 Å². The van der Waals surface area contributed by atoms with E-state index in [9.17, 15) is 14.9 Å². The first kappa shape index (κ1) is 18.7. The van der Waals surface area contributed by atoms with Gasteiger partial charge in [-0.25, -0.2) is 0 Å². The third-order valence-electron chi connectivity index (χ3n) is 4.39. The minimum absolute atomic E-state index is 0.0371. The Morgan fingerprint density at radius 2 is 1.88 bits per heavy atom. The van der Waals surface area contributed by atoms with Gasteiger partial charge in [-0.3, -0.25) is 14.9 Å². The van der Waals surface area contributed by atoms with Crippen molar-refractivity contribution < 1.29 is 9.72 Å². The lowest BCUT2D eigenvalue weighted by Crippen LogP contribution is -2.35. The molecule has 0 atom stereocenters. The molecule has 2 aromatic rings. The van der Waals surface area contributed by atoms with E-state index in [0.717, 1.165) is 37.9 Å². The van der Waals surface area contributed by atoms with Crippen LogP contribution >= 0.6 is 23.4 Å². The van der Waals surface area contributed by atoms with Crippen LogP contribution in [0.15, 0.2) is 47.4 Å². The van der Waals surface area contributed by atoms with Crippen LogP contribution in [0.1, 0.15) is 35.2 Å². The van der Waals surface area contributed by atoms with Crippen LogP contribution in [0.5, 0.6) is 0 Å². The zero-order valence-corrected chi connectivity index (χ0v) is 15.8. The number of hydrogen-bond acceptors (Lipinski definition) is 4. The Balaban J connectivity index is 1.79. The summed E-state index contributed by atoms with van der Waals surface area (Å²) in [5.74, 6) is 0.399. The van der Waals surface area contributed by atoms with E-state index < -0.39 is 4.92 Å². The monoisotopic (exact) mass is 390 g/mol. The minimum Gasteiger partial charge on any atom is -0.339 e. The smallest absolute Gasteiger partial charge is 0.283 e. The molecule has 26 heavy (non-hydrogen) atoms. The summed E-state index contributed by atoms with van der Waals surface area (Å²) >= 11 is 7.50. The molecule has 0 radical (unpaired) electrons. The molecule has 1 amide bonds. The van der Waals surface area contributed by atoms with Crippen molar-refractivity contribution in [1.82, 2.24) is 4.90 Å². The second kappa shape index (κ2) is 8.56. The molecule has 0 aromatic heterocycles. The molecule has 1 fully saturated rings. The second-order valence-electron chi connectivity index (χ2n) is 6.17. The molecule has 0 N–H and O–H groups in total. The molecule has 0 bridgehead atoms. The van der Waals surface area contributed by atoms with Crippen molar-refractivity contribution in [2.45, 2.75) is 29.9 Å². The third-order valence-corrected chi connectivity index (χ3v) is 5.87. The van der Waals surface area contributed by atoms with Gasteiger partial charge in [0.1, 0.15) is 0 Å². The van der Waals surface area contributed by atoms with Crippen molar-refractivity contribution in [2.24, 2.45) is 0 Å². The fraction of sp³-hybridized carbons (Fsp3) is 0.316. The lowest BCUT2D eigenvalue weighted by atomic mass is 10.1. The van der Waals surface area contributed by atoms with Crippen LogP contribution < -0.4 is 0 Å². The molecule has 0 aliphatic carbocycles. The van der Waals surface area contributed by atoms with Crippen molar-refractivity contribution in [3.05, 3.63) is 68.7 Å². The van der Waals surface area contributed by atoms with E-state index in [-0.39, 0.29) is 11.6 Å². The zero-order chi connectivity index (χ0) is 18.5. The van der Waals surface area contributed by atoms with E-state index in [1.165, 1.54) is 17.8 Å². The van der Waals surface area contributed by atoms with Gasteiger partial charge in [-0.1, -0.05) is 29.8 Å². The summed E-state index contributed by atoms with van der Waals surface area (Å²) in [6.45, 7) is 1.44. The Hall–Kier alpha value is -2.05. The summed E-state index contributed by atoms with van der Waals surface area (Å²) in [5.41, 5.74) is 1.26. The average molecular weight is 391 g/mol. The van der Waals surface area contributed by atoms with Crippen molar-refractivity contribution in [2.75, 3.05) is 13.1 Å². The number of piperidine rings is 1. The summed E-state index contributed by atoms with van der Waals surface area (Å²) in [4.78, 5) is 26.0. The number of carbonyl (C=O) groups is 1. The fourth-order valence-electron chi connectivity index (χ4n) is 2.97. The average Bonchev–Trinajstić information content (AvgIpc) is 2.67. The van der Waals surface area contributed by atoms with Gasteiger partial charge in [-0.05, 0) is 43.0 Å². The highest BCUT2D eigenvalue weighted by Crippen LogP contribution is 2.34. The number of nitro benzene ring substituents is 1. The van der Waals surface area contributed by atoms with Crippen LogP contribution in [-0.2, 0) is 5.75 Å². The van der Waals surface area contributed by atoms with E-state index in [1.54, 1.807) is 23.1 Å². The first-order chi connectivity index (χ1) is 12.6. The van der Waals surface area contributed by atoms with Gasteiger partial charge in [0.15, 0.2) is 0 Å². The normalized spacial score (nSPS) is 14.3. The Morgan fingerprint density at radius 1 is 1.15 bits per heavy atom. The highest BCUT2D eigenvalue weighted by molar-refractivity contribution is 7.98. The number of halogens is 1. The Bertz CT molecular complexity index is 822. The number of benzene rings is 2. The molecule has 0 spiro atoms. The first-order valence-corrected chi connectivity index (χ1v) is 9.86. The SMILES string of the molecule is O=C(c1ccc(SCc2ccccc2Cl)c([N+](=O)[O-])c1)N1CCCCC1. The van der Waals surface area contributed by atoms with Crippen LogP contribution in [0.3, 0.4) is 0 Å². The van der Waals surface area contributed by atoms with Crippen LogP contribution in [0.2, 0.25) is 5.02 Å². The quantitative estimate of drug-likeness (QED) is 0.401. The van der Waals surface area contributed by atoms with Gasteiger partial charge in [0.2, 0.25) is 0 Å². The number of likely N-dealkylation sites (tertiary alicyclic amines) is 1. The minimum atomic E-state index is -0.429. The summed E-state index contributed by atoms with van der Waals surface area (Å²) in [6, 6.07) is 12.2. The number of thioether (sulfide) groups is 1. The van der Waals surface area contributed by atoms with Gasteiger partial charge in [-0.15, -0.1) is 11.8 Å². The number of rotatable bonds is 5. The Morgan fingerprint density at radius 3 is 2.58 bits per heavy atom.